The molecule has 4 N–H and O–H groups in total. The average molecular weight is 606 g/mol. The Bertz CT molecular complexity index is 1550. The van der Waals surface area contributed by atoms with Crippen molar-refractivity contribution in [2.75, 3.05) is 31.5 Å². The standard InChI is InChI=1S/C34H44FN5O4/c1-5-39(6-2)16-15-37-33(43)44-24-11-9-23(10-12-24)38-27-17-21(7-13-25(27)32(36)42)31-26-14-8-22(35)18-28(26)40-29(31)19-34(3,4)20-30(40)41/h7-8,13-14,17-18,23-24,38H,5-6,9-12,15-16,19-20H2,1-4H3,(H2,36,42)(H,37,43). The maximum absolute atomic E-state index is 14.4. The zero-order valence-corrected chi connectivity index (χ0v) is 26.2. The summed E-state index contributed by atoms with van der Waals surface area (Å²) >= 11 is 0. The van der Waals surface area contributed by atoms with Crippen LogP contribution in [0.5, 0.6) is 0 Å². The molecule has 2 aliphatic rings. The Labute approximate surface area is 258 Å². The van der Waals surface area contributed by atoms with Crippen LogP contribution in [0.25, 0.3) is 22.0 Å². The molecule has 1 saturated carbocycles. The highest BCUT2D eigenvalue weighted by Crippen LogP contribution is 2.43. The highest BCUT2D eigenvalue weighted by Gasteiger charge is 2.35. The summed E-state index contributed by atoms with van der Waals surface area (Å²) < 4.78 is 21.7. The number of aromatic nitrogens is 1. The molecule has 3 aromatic rings. The number of alkyl carbamates (subject to hydrolysis) is 1. The van der Waals surface area contributed by atoms with Gasteiger partial charge < -0.3 is 26.0 Å². The molecule has 1 aromatic heterocycles. The quantitative estimate of drug-likeness (QED) is 0.263. The predicted molar refractivity (Wildman–Crippen MR) is 171 cm³/mol. The number of primary amides is 1. The predicted octanol–water partition coefficient (Wildman–Crippen LogP) is 5.95. The molecule has 0 unspecified atom stereocenters. The van der Waals surface area contributed by atoms with E-state index in [2.05, 4.69) is 43.2 Å². The van der Waals surface area contributed by atoms with Crippen LogP contribution >= 0.6 is 0 Å². The molecule has 0 spiro atoms. The molecule has 2 heterocycles. The summed E-state index contributed by atoms with van der Waals surface area (Å²) in [6, 6.07) is 10.1. The molecule has 1 fully saturated rings. The number of nitrogens with one attached hydrogen (secondary N) is 2. The summed E-state index contributed by atoms with van der Waals surface area (Å²) in [7, 11) is 0. The van der Waals surface area contributed by atoms with Gasteiger partial charge in [-0.25, -0.2) is 9.18 Å². The van der Waals surface area contributed by atoms with E-state index in [0.29, 0.717) is 49.0 Å². The lowest BCUT2D eigenvalue weighted by molar-refractivity contribution is 0.0725. The van der Waals surface area contributed by atoms with Crippen LogP contribution in [0.4, 0.5) is 14.9 Å². The van der Waals surface area contributed by atoms with Gasteiger partial charge in [-0.2, -0.15) is 0 Å². The maximum Gasteiger partial charge on any atom is 0.407 e. The number of hydrogen-bond acceptors (Lipinski definition) is 6. The molecule has 2 amide bonds. The molecule has 236 valence electrons. The molecule has 2 aromatic carbocycles. The van der Waals surface area contributed by atoms with Crippen LogP contribution in [0, 0.1) is 11.2 Å². The Morgan fingerprint density at radius 2 is 1.80 bits per heavy atom. The third-order valence-corrected chi connectivity index (χ3v) is 9.03. The van der Waals surface area contributed by atoms with E-state index in [1.54, 1.807) is 16.7 Å². The molecule has 9 nitrogen and oxygen atoms in total. The SMILES string of the molecule is CCN(CC)CCNC(=O)OC1CCC(Nc2cc(-c3c4n(c5cc(F)ccc35)C(=O)CC(C)(C)C4)ccc2C(N)=O)CC1. The second kappa shape index (κ2) is 13.0. The number of ether oxygens (including phenoxy) is 1. The Kier molecular flexibility index (Phi) is 9.29. The van der Waals surface area contributed by atoms with E-state index in [-0.39, 0.29) is 29.6 Å². The Morgan fingerprint density at radius 1 is 1.07 bits per heavy atom. The first-order chi connectivity index (χ1) is 21.0. The largest absolute Gasteiger partial charge is 0.446 e. The van der Waals surface area contributed by atoms with Crippen LogP contribution in [-0.2, 0) is 11.2 Å². The van der Waals surface area contributed by atoms with Gasteiger partial charge in [-0.15, -0.1) is 0 Å². The number of anilines is 1. The number of carbonyl (C=O) groups is 3. The molecular weight excluding hydrogens is 561 g/mol. The summed E-state index contributed by atoms with van der Waals surface area (Å²) in [5.74, 6) is -0.994. The van der Waals surface area contributed by atoms with Crippen molar-refractivity contribution in [1.29, 1.82) is 0 Å². The third-order valence-electron chi connectivity index (χ3n) is 9.03. The zero-order chi connectivity index (χ0) is 31.6. The van der Waals surface area contributed by atoms with Gasteiger partial charge in [0.05, 0.1) is 11.1 Å². The lowest BCUT2D eigenvalue weighted by Crippen LogP contribution is -2.38. The molecule has 44 heavy (non-hydrogen) atoms. The summed E-state index contributed by atoms with van der Waals surface area (Å²) in [5, 5.41) is 7.17. The minimum atomic E-state index is -0.542. The Balaban J connectivity index is 1.34. The normalized spacial score (nSPS) is 19.5. The summed E-state index contributed by atoms with van der Waals surface area (Å²) in [6.07, 6.45) is 3.39. The smallest absolute Gasteiger partial charge is 0.407 e. The molecule has 1 aliphatic heterocycles. The highest BCUT2D eigenvalue weighted by molar-refractivity contribution is 6.06. The molecular formula is C34H44FN5O4. The lowest BCUT2D eigenvalue weighted by atomic mass is 9.80. The van der Waals surface area contributed by atoms with Gasteiger partial charge in [0.2, 0.25) is 5.91 Å². The van der Waals surface area contributed by atoms with Crippen LogP contribution in [0.15, 0.2) is 36.4 Å². The molecule has 0 atom stereocenters. The van der Waals surface area contributed by atoms with Gasteiger partial charge in [-0.1, -0.05) is 33.8 Å². The van der Waals surface area contributed by atoms with Crippen LogP contribution < -0.4 is 16.4 Å². The summed E-state index contributed by atoms with van der Waals surface area (Å²) in [6.45, 7) is 11.5. The van der Waals surface area contributed by atoms with Gasteiger partial charge in [0, 0.05) is 47.9 Å². The number of benzene rings is 2. The topological polar surface area (TPSA) is 119 Å². The Hall–Kier alpha value is -3.92. The highest BCUT2D eigenvalue weighted by atomic mass is 19.1. The molecule has 0 bridgehead atoms. The molecule has 1 aliphatic carbocycles. The summed E-state index contributed by atoms with van der Waals surface area (Å²) in [5.41, 5.74) is 9.61. The first-order valence-corrected chi connectivity index (χ1v) is 15.7. The number of nitrogens with zero attached hydrogens (tertiary/aromatic N) is 2. The summed E-state index contributed by atoms with van der Waals surface area (Å²) in [4.78, 5) is 40.3. The van der Waals surface area contributed by atoms with Crippen LogP contribution in [0.2, 0.25) is 0 Å². The monoisotopic (exact) mass is 605 g/mol. The van der Waals surface area contributed by atoms with Crippen molar-refractivity contribution in [2.24, 2.45) is 11.1 Å². The second-order valence-electron chi connectivity index (χ2n) is 12.8. The van der Waals surface area contributed by atoms with Gasteiger partial charge in [-0.05, 0) is 86.5 Å². The van der Waals surface area contributed by atoms with E-state index in [0.717, 1.165) is 54.7 Å². The minimum absolute atomic E-state index is 0.0539. The van der Waals surface area contributed by atoms with Crippen molar-refractivity contribution in [3.05, 3.63) is 53.5 Å². The number of hydrogen-bond donors (Lipinski definition) is 3. The molecule has 0 saturated heterocycles. The fourth-order valence-corrected chi connectivity index (χ4v) is 6.72. The number of nitrogens with two attached hydrogens (primary N) is 1. The molecule has 10 heteroatoms. The maximum atomic E-state index is 14.4. The van der Waals surface area contributed by atoms with Crippen LogP contribution in [-0.4, -0.2) is 65.7 Å². The fourth-order valence-electron chi connectivity index (χ4n) is 6.72. The number of likely N-dealkylation sites (N-methyl/N-ethyl adjacent to an activating group) is 1. The molecule has 5 rings (SSSR count). The van der Waals surface area contributed by atoms with Gasteiger partial charge in [-0.3, -0.25) is 14.2 Å². The number of halogens is 1. The van der Waals surface area contributed by atoms with Crippen molar-refractivity contribution in [2.45, 2.75) is 78.4 Å². The van der Waals surface area contributed by atoms with Gasteiger partial charge in [0.15, 0.2) is 0 Å². The minimum Gasteiger partial charge on any atom is -0.446 e. The van der Waals surface area contributed by atoms with E-state index >= 15 is 0 Å². The van der Waals surface area contributed by atoms with Crippen molar-refractivity contribution >= 4 is 34.5 Å². The van der Waals surface area contributed by atoms with E-state index in [1.807, 2.05) is 12.1 Å². The number of rotatable bonds is 10. The Morgan fingerprint density at radius 3 is 2.48 bits per heavy atom. The molecule has 0 radical (unpaired) electrons. The second-order valence-corrected chi connectivity index (χ2v) is 12.8. The van der Waals surface area contributed by atoms with E-state index in [9.17, 15) is 18.8 Å². The van der Waals surface area contributed by atoms with Crippen molar-refractivity contribution in [1.82, 2.24) is 14.8 Å². The van der Waals surface area contributed by atoms with Gasteiger partial charge in [0.25, 0.3) is 5.91 Å². The van der Waals surface area contributed by atoms with E-state index in [4.69, 9.17) is 10.5 Å². The third kappa shape index (κ3) is 6.75. The number of fused-ring (bicyclic) bond motifs is 3. The average Bonchev–Trinajstić information content (AvgIpc) is 3.28. The van der Waals surface area contributed by atoms with Crippen molar-refractivity contribution in [3.8, 4) is 11.1 Å². The van der Waals surface area contributed by atoms with Crippen molar-refractivity contribution in [3.63, 3.8) is 0 Å². The first-order valence-electron chi connectivity index (χ1n) is 15.7. The lowest BCUT2D eigenvalue weighted by Gasteiger charge is -2.31. The van der Waals surface area contributed by atoms with E-state index < -0.39 is 11.7 Å². The van der Waals surface area contributed by atoms with E-state index in [1.165, 1.54) is 12.1 Å². The van der Waals surface area contributed by atoms with Crippen molar-refractivity contribution < 1.29 is 23.5 Å². The van der Waals surface area contributed by atoms with Gasteiger partial charge in [0.1, 0.15) is 11.9 Å². The van der Waals surface area contributed by atoms with Crippen LogP contribution in [0.1, 0.15) is 80.6 Å². The fraction of sp³-hybridized carbons (Fsp3) is 0.500. The number of amides is 2. The van der Waals surface area contributed by atoms with Gasteiger partial charge >= 0.3 is 6.09 Å². The van der Waals surface area contributed by atoms with Crippen LogP contribution in [0.3, 0.4) is 0 Å². The number of carbonyl (C=O) groups excluding carboxylic acids is 3. The zero-order valence-electron chi connectivity index (χ0n) is 26.2. The first kappa shape index (κ1) is 31.5.